The predicted molar refractivity (Wildman–Crippen MR) is 87.9 cm³/mol. The van der Waals surface area contributed by atoms with Crippen LogP contribution in [0.5, 0.6) is 0 Å². The van der Waals surface area contributed by atoms with Gasteiger partial charge in [0.1, 0.15) is 6.61 Å². The van der Waals surface area contributed by atoms with Crippen LogP contribution in [-0.4, -0.2) is 53.7 Å². The van der Waals surface area contributed by atoms with Crippen LogP contribution in [0.15, 0.2) is 0 Å². The fourth-order valence-corrected chi connectivity index (χ4v) is 4.98. The van der Waals surface area contributed by atoms with Gasteiger partial charge in [-0.2, -0.15) is 0 Å². The van der Waals surface area contributed by atoms with Crippen molar-refractivity contribution in [1.82, 2.24) is 9.80 Å². The van der Waals surface area contributed by atoms with E-state index in [0.717, 1.165) is 31.8 Å². The smallest absolute Gasteiger partial charge is 0.409 e. The minimum Gasteiger partial charge on any atom is -0.448 e. The van der Waals surface area contributed by atoms with Crippen molar-refractivity contribution < 1.29 is 9.53 Å². The molecule has 4 nitrogen and oxygen atoms in total. The second kappa shape index (κ2) is 6.77. The first kappa shape index (κ1) is 16.1. The molecule has 0 saturated carbocycles. The largest absolute Gasteiger partial charge is 0.448 e. The maximum absolute atomic E-state index is 12.2. The molecular formula is C18H32N2O2. The van der Waals surface area contributed by atoms with E-state index in [0.29, 0.717) is 18.2 Å². The van der Waals surface area contributed by atoms with Crippen LogP contribution < -0.4 is 0 Å². The summed E-state index contributed by atoms with van der Waals surface area (Å²) >= 11 is 0. The fourth-order valence-electron chi connectivity index (χ4n) is 4.98. The zero-order valence-corrected chi connectivity index (χ0v) is 14.4. The molecule has 126 valence electrons. The first-order chi connectivity index (χ1) is 10.6. The highest BCUT2D eigenvalue weighted by atomic mass is 16.6. The molecule has 0 aromatic heterocycles. The summed E-state index contributed by atoms with van der Waals surface area (Å²) in [5.74, 6) is 0.746. The van der Waals surface area contributed by atoms with E-state index >= 15 is 0 Å². The molecule has 0 radical (unpaired) electrons. The summed E-state index contributed by atoms with van der Waals surface area (Å²) < 4.78 is 5.67. The Morgan fingerprint density at radius 2 is 1.91 bits per heavy atom. The maximum Gasteiger partial charge on any atom is 0.409 e. The molecule has 0 N–H and O–H groups in total. The number of hydrogen-bond donors (Lipinski definition) is 0. The number of ether oxygens (including phenoxy) is 1. The molecule has 0 unspecified atom stereocenters. The lowest BCUT2D eigenvalue weighted by molar-refractivity contribution is 0.0527. The highest BCUT2D eigenvalue weighted by Gasteiger charge is 2.49. The van der Waals surface area contributed by atoms with Gasteiger partial charge in [0, 0.05) is 24.7 Å². The van der Waals surface area contributed by atoms with Gasteiger partial charge in [0.15, 0.2) is 0 Å². The molecule has 3 fully saturated rings. The van der Waals surface area contributed by atoms with Crippen LogP contribution in [0.1, 0.15) is 65.2 Å². The van der Waals surface area contributed by atoms with Crippen LogP contribution in [0, 0.1) is 5.92 Å². The van der Waals surface area contributed by atoms with Crippen LogP contribution in [0.2, 0.25) is 0 Å². The molecule has 1 amide bonds. The molecule has 0 aliphatic carbocycles. The van der Waals surface area contributed by atoms with Gasteiger partial charge in [0.25, 0.3) is 0 Å². The van der Waals surface area contributed by atoms with Gasteiger partial charge in [-0.3, -0.25) is 4.90 Å². The Kier molecular flexibility index (Phi) is 4.96. The van der Waals surface area contributed by atoms with E-state index < -0.39 is 0 Å². The molecule has 3 saturated heterocycles. The molecule has 3 heterocycles. The van der Waals surface area contributed by atoms with Crippen LogP contribution in [0.4, 0.5) is 4.79 Å². The number of piperidine rings is 1. The van der Waals surface area contributed by atoms with Gasteiger partial charge < -0.3 is 9.64 Å². The van der Waals surface area contributed by atoms with Crippen molar-refractivity contribution in [3.8, 4) is 0 Å². The van der Waals surface area contributed by atoms with E-state index in [1.165, 1.54) is 45.1 Å². The van der Waals surface area contributed by atoms with E-state index in [-0.39, 0.29) is 6.09 Å². The summed E-state index contributed by atoms with van der Waals surface area (Å²) in [5, 5.41) is 0. The van der Waals surface area contributed by atoms with Crippen molar-refractivity contribution in [1.29, 1.82) is 0 Å². The summed E-state index contributed by atoms with van der Waals surface area (Å²) in [5.41, 5.74) is 0.413. The summed E-state index contributed by atoms with van der Waals surface area (Å²) in [6.45, 7) is 8.20. The number of likely N-dealkylation sites (tertiary alicyclic amines) is 1. The van der Waals surface area contributed by atoms with Gasteiger partial charge in [-0.15, -0.1) is 0 Å². The lowest BCUT2D eigenvalue weighted by atomic mass is 9.85. The number of amides is 1. The zero-order valence-electron chi connectivity index (χ0n) is 14.4. The summed E-state index contributed by atoms with van der Waals surface area (Å²) in [4.78, 5) is 16.8. The van der Waals surface area contributed by atoms with E-state index in [1.807, 2.05) is 4.90 Å². The summed E-state index contributed by atoms with van der Waals surface area (Å²) in [6, 6.07) is 0.454. The van der Waals surface area contributed by atoms with Crippen molar-refractivity contribution in [2.24, 2.45) is 5.92 Å². The molecule has 0 spiro atoms. The first-order valence-electron chi connectivity index (χ1n) is 9.29. The molecule has 3 aliphatic heterocycles. The molecule has 2 atom stereocenters. The van der Waals surface area contributed by atoms with Crippen molar-refractivity contribution in [3.63, 3.8) is 0 Å². The summed E-state index contributed by atoms with van der Waals surface area (Å²) in [7, 11) is 0. The quantitative estimate of drug-likeness (QED) is 0.794. The third-order valence-corrected chi connectivity index (χ3v) is 5.84. The number of nitrogens with zero attached hydrogens (tertiary/aromatic N) is 2. The van der Waals surface area contributed by atoms with Gasteiger partial charge in [0.05, 0.1) is 0 Å². The molecular weight excluding hydrogens is 276 g/mol. The van der Waals surface area contributed by atoms with Gasteiger partial charge in [0.2, 0.25) is 0 Å². The number of rotatable bonds is 4. The first-order valence-corrected chi connectivity index (χ1v) is 9.29. The van der Waals surface area contributed by atoms with E-state index in [9.17, 15) is 4.79 Å². The monoisotopic (exact) mass is 308 g/mol. The number of carbonyl (C=O) groups is 1. The Morgan fingerprint density at radius 3 is 2.64 bits per heavy atom. The Morgan fingerprint density at radius 1 is 1.14 bits per heavy atom. The molecule has 3 aliphatic rings. The standard InChI is InChI=1S/C18H32N2O2/c1-15(2)13-18-8-6-12-20(18)16(7-9-18)14-22-17(21)19-10-4-3-5-11-19/h15-16H,3-14H2,1-2H3/t16-,18+/m0/s1. The normalized spacial score (nSPS) is 32.5. The second-order valence-electron chi connectivity index (χ2n) is 7.94. The number of carbonyl (C=O) groups excluding carboxylic acids is 1. The van der Waals surface area contributed by atoms with Crippen molar-refractivity contribution >= 4 is 6.09 Å². The zero-order chi connectivity index (χ0) is 15.6. The van der Waals surface area contributed by atoms with Crippen molar-refractivity contribution in [3.05, 3.63) is 0 Å². The van der Waals surface area contributed by atoms with Gasteiger partial charge in [-0.05, 0) is 63.8 Å². The topological polar surface area (TPSA) is 32.8 Å². The molecule has 0 bridgehead atoms. The van der Waals surface area contributed by atoms with Crippen LogP contribution in [0.3, 0.4) is 0 Å². The Balaban J connectivity index is 1.52. The van der Waals surface area contributed by atoms with Gasteiger partial charge >= 0.3 is 6.09 Å². The lowest BCUT2D eigenvalue weighted by Gasteiger charge is -2.36. The minimum atomic E-state index is -0.0831. The highest BCUT2D eigenvalue weighted by molar-refractivity contribution is 5.67. The Bertz CT molecular complexity index is 393. The summed E-state index contributed by atoms with van der Waals surface area (Å²) in [6.07, 6.45) is 9.84. The lowest BCUT2D eigenvalue weighted by Crippen LogP contribution is -2.45. The van der Waals surface area contributed by atoms with Crippen molar-refractivity contribution in [2.45, 2.75) is 76.8 Å². The van der Waals surface area contributed by atoms with Crippen LogP contribution in [0.25, 0.3) is 0 Å². The van der Waals surface area contributed by atoms with E-state index in [2.05, 4.69) is 18.7 Å². The average molecular weight is 308 g/mol. The number of fused-ring (bicyclic) bond motifs is 1. The third kappa shape index (κ3) is 3.27. The predicted octanol–water partition coefficient (Wildman–Crippen LogP) is 3.65. The molecule has 3 rings (SSSR count). The van der Waals surface area contributed by atoms with Crippen molar-refractivity contribution in [2.75, 3.05) is 26.2 Å². The molecule has 22 heavy (non-hydrogen) atoms. The second-order valence-corrected chi connectivity index (χ2v) is 7.94. The Labute approximate surface area is 135 Å². The molecule has 0 aromatic carbocycles. The molecule has 0 aromatic rings. The van der Waals surface area contributed by atoms with Crippen LogP contribution in [-0.2, 0) is 4.74 Å². The molecule has 4 heteroatoms. The third-order valence-electron chi connectivity index (χ3n) is 5.84. The SMILES string of the molecule is CC(C)C[C@]12CCCN1[C@H](COC(=O)N1CCCCC1)CC2. The Hall–Kier alpha value is -0.770. The van der Waals surface area contributed by atoms with Gasteiger partial charge in [-0.1, -0.05) is 13.8 Å². The average Bonchev–Trinajstić information content (AvgIpc) is 3.04. The maximum atomic E-state index is 12.2. The van der Waals surface area contributed by atoms with E-state index in [4.69, 9.17) is 4.74 Å². The minimum absolute atomic E-state index is 0.0831. The van der Waals surface area contributed by atoms with Crippen LogP contribution >= 0.6 is 0 Å². The van der Waals surface area contributed by atoms with Gasteiger partial charge in [-0.25, -0.2) is 4.79 Å². The number of hydrogen-bond acceptors (Lipinski definition) is 3. The fraction of sp³-hybridized carbons (Fsp3) is 0.944. The van der Waals surface area contributed by atoms with E-state index in [1.54, 1.807) is 0 Å². The highest BCUT2D eigenvalue weighted by Crippen LogP contribution is 2.46.